The van der Waals surface area contributed by atoms with Crippen LogP contribution in [0.4, 0.5) is 23.1 Å². The molecule has 0 atom stereocenters. The molecule has 0 aliphatic rings. The lowest BCUT2D eigenvalue weighted by atomic mass is 10.3. The highest BCUT2D eigenvalue weighted by molar-refractivity contribution is 5.64. The van der Waals surface area contributed by atoms with Gasteiger partial charge in [-0.1, -0.05) is 18.2 Å². The number of para-hydroxylation sites is 2. The Labute approximate surface area is 139 Å². The van der Waals surface area contributed by atoms with Crippen LogP contribution in [0.3, 0.4) is 0 Å². The van der Waals surface area contributed by atoms with Crippen LogP contribution >= 0.6 is 0 Å². The predicted molar refractivity (Wildman–Crippen MR) is 92.4 cm³/mol. The Morgan fingerprint density at radius 1 is 0.917 bits per heavy atom. The lowest BCUT2D eigenvalue weighted by Crippen LogP contribution is -2.03. The van der Waals surface area contributed by atoms with Crippen molar-refractivity contribution in [3.05, 3.63) is 54.7 Å². The highest BCUT2D eigenvalue weighted by Crippen LogP contribution is 2.26. The van der Waals surface area contributed by atoms with Crippen LogP contribution in [0.2, 0.25) is 0 Å². The van der Waals surface area contributed by atoms with Gasteiger partial charge >= 0.3 is 0 Å². The Bertz CT molecular complexity index is 825. The molecule has 0 fully saturated rings. The number of benzene rings is 2. The molecule has 2 N–H and O–H groups in total. The lowest BCUT2D eigenvalue weighted by Gasteiger charge is -2.10. The fraction of sp³-hybridized carbons (Fsp3) is 0.118. The maximum Gasteiger partial charge on any atom is 0.249 e. The third-order valence-electron chi connectivity index (χ3n) is 3.25. The standard InChI is InChI=1S/C17H17N5O2/c1-23-13-7-5-6-12(10-13)19-16-11-18-22-17(21-16)20-14-8-3-4-9-15(14)24-2/h3-11H,1-2H3,(H2,19,20,21,22). The fourth-order valence-electron chi connectivity index (χ4n) is 2.13. The van der Waals surface area contributed by atoms with Crippen molar-refractivity contribution in [2.24, 2.45) is 0 Å². The van der Waals surface area contributed by atoms with Crippen LogP contribution in [0.25, 0.3) is 0 Å². The van der Waals surface area contributed by atoms with Crippen LogP contribution in [-0.2, 0) is 0 Å². The van der Waals surface area contributed by atoms with E-state index in [1.807, 2.05) is 48.5 Å². The highest BCUT2D eigenvalue weighted by atomic mass is 16.5. The predicted octanol–water partition coefficient (Wildman–Crippen LogP) is 3.38. The topological polar surface area (TPSA) is 81.2 Å². The largest absolute Gasteiger partial charge is 0.497 e. The number of rotatable bonds is 6. The Kier molecular flexibility index (Phi) is 4.71. The van der Waals surface area contributed by atoms with Crippen LogP contribution in [0.15, 0.2) is 54.7 Å². The molecule has 3 rings (SSSR count). The Hall–Kier alpha value is -3.35. The summed E-state index contributed by atoms with van der Waals surface area (Å²) in [7, 11) is 3.24. The second-order valence-electron chi connectivity index (χ2n) is 4.85. The van der Waals surface area contributed by atoms with Gasteiger partial charge < -0.3 is 20.1 Å². The molecule has 7 heteroatoms. The molecule has 0 aliphatic heterocycles. The van der Waals surface area contributed by atoms with Crippen molar-refractivity contribution >= 4 is 23.1 Å². The van der Waals surface area contributed by atoms with Gasteiger partial charge in [0.05, 0.1) is 26.1 Å². The SMILES string of the molecule is COc1cccc(Nc2cnnc(Nc3ccccc3OC)n2)c1. The minimum Gasteiger partial charge on any atom is -0.497 e. The molecular weight excluding hydrogens is 306 g/mol. The molecule has 1 heterocycles. The lowest BCUT2D eigenvalue weighted by molar-refractivity contribution is 0.415. The number of hydrogen-bond acceptors (Lipinski definition) is 7. The first-order chi connectivity index (χ1) is 11.8. The molecule has 0 saturated heterocycles. The fourth-order valence-corrected chi connectivity index (χ4v) is 2.13. The summed E-state index contributed by atoms with van der Waals surface area (Å²) in [5, 5.41) is 14.2. The van der Waals surface area contributed by atoms with E-state index >= 15 is 0 Å². The van der Waals surface area contributed by atoms with E-state index in [9.17, 15) is 0 Å². The van der Waals surface area contributed by atoms with Crippen LogP contribution < -0.4 is 20.1 Å². The smallest absolute Gasteiger partial charge is 0.249 e. The van der Waals surface area contributed by atoms with Crippen molar-refractivity contribution in [2.45, 2.75) is 0 Å². The average Bonchev–Trinajstić information content (AvgIpc) is 2.62. The van der Waals surface area contributed by atoms with Gasteiger partial charge in [0.2, 0.25) is 5.95 Å². The van der Waals surface area contributed by atoms with Crippen molar-refractivity contribution in [3.63, 3.8) is 0 Å². The normalized spacial score (nSPS) is 10.1. The molecular formula is C17H17N5O2. The number of anilines is 4. The van der Waals surface area contributed by atoms with E-state index in [4.69, 9.17) is 9.47 Å². The molecule has 122 valence electrons. The van der Waals surface area contributed by atoms with Gasteiger partial charge in [-0.15, -0.1) is 5.10 Å². The van der Waals surface area contributed by atoms with Gasteiger partial charge in [-0.25, -0.2) is 0 Å². The molecule has 0 spiro atoms. The van der Waals surface area contributed by atoms with Crippen LogP contribution in [0.5, 0.6) is 11.5 Å². The Morgan fingerprint density at radius 2 is 1.79 bits per heavy atom. The van der Waals surface area contributed by atoms with Crippen LogP contribution in [0.1, 0.15) is 0 Å². The third kappa shape index (κ3) is 3.70. The van der Waals surface area contributed by atoms with E-state index < -0.39 is 0 Å². The van der Waals surface area contributed by atoms with E-state index in [2.05, 4.69) is 25.8 Å². The first kappa shape index (κ1) is 15.5. The zero-order valence-corrected chi connectivity index (χ0v) is 13.4. The average molecular weight is 323 g/mol. The second kappa shape index (κ2) is 7.28. The van der Waals surface area contributed by atoms with Gasteiger partial charge in [-0.05, 0) is 24.3 Å². The van der Waals surface area contributed by atoms with Crippen LogP contribution in [0, 0.1) is 0 Å². The number of hydrogen-bond donors (Lipinski definition) is 2. The molecule has 2 aromatic carbocycles. The van der Waals surface area contributed by atoms with E-state index in [-0.39, 0.29) is 0 Å². The maximum atomic E-state index is 5.30. The van der Waals surface area contributed by atoms with Crippen molar-refractivity contribution in [3.8, 4) is 11.5 Å². The molecule has 0 amide bonds. The minimum atomic E-state index is 0.368. The van der Waals surface area contributed by atoms with Crippen molar-refractivity contribution in [1.29, 1.82) is 0 Å². The van der Waals surface area contributed by atoms with E-state index in [0.29, 0.717) is 17.5 Å². The first-order valence-electron chi connectivity index (χ1n) is 7.29. The van der Waals surface area contributed by atoms with Crippen molar-refractivity contribution in [1.82, 2.24) is 15.2 Å². The zero-order chi connectivity index (χ0) is 16.8. The van der Waals surface area contributed by atoms with Crippen molar-refractivity contribution in [2.75, 3.05) is 24.9 Å². The second-order valence-corrected chi connectivity index (χ2v) is 4.85. The summed E-state index contributed by atoms with van der Waals surface area (Å²) in [6.45, 7) is 0. The first-order valence-corrected chi connectivity index (χ1v) is 7.29. The molecule has 0 bridgehead atoms. The summed E-state index contributed by atoms with van der Waals surface area (Å²) in [5.74, 6) is 2.39. The molecule has 0 saturated carbocycles. The molecule has 0 unspecified atom stereocenters. The third-order valence-corrected chi connectivity index (χ3v) is 3.25. The summed E-state index contributed by atoms with van der Waals surface area (Å²) >= 11 is 0. The maximum absolute atomic E-state index is 5.30. The van der Waals surface area contributed by atoms with Gasteiger partial charge in [0.15, 0.2) is 5.82 Å². The monoisotopic (exact) mass is 323 g/mol. The van der Waals surface area contributed by atoms with Gasteiger partial charge in [0.1, 0.15) is 11.5 Å². The highest BCUT2D eigenvalue weighted by Gasteiger charge is 2.06. The van der Waals surface area contributed by atoms with E-state index in [1.54, 1.807) is 20.4 Å². The van der Waals surface area contributed by atoms with Gasteiger partial charge in [0, 0.05) is 11.8 Å². The summed E-state index contributed by atoms with van der Waals surface area (Å²) in [6.07, 6.45) is 1.55. The minimum absolute atomic E-state index is 0.368. The number of ether oxygens (including phenoxy) is 2. The number of methoxy groups -OCH3 is 2. The number of nitrogens with zero attached hydrogens (tertiary/aromatic N) is 3. The number of aromatic nitrogens is 3. The van der Waals surface area contributed by atoms with Crippen molar-refractivity contribution < 1.29 is 9.47 Å². The molecule has 3 aromatic rings. The molecule has 0 radical (unpaired) electrons. The summed E-state index contributed by atoms with van der Waals surface area (Å²) in [5.41, 5.74) is 1.61. The van der Waals surface area contributed by atoms with E-state index in [1.165, 1.54) is 0 Å². The van der Waals surface area contributed by atoms with Gasteiger partial charge in [-0.3, -0.25) is 0 Å². The molecule has 1 aromatic heterocycles. The van der Waals surface area contributed by atoms with E-state index in [0.717, 1.165) is 17.1 Å². The Morgan fingerprint density at radius 3 is 2.62 bits per heavy atom. The number of nitrogens with one attached hydrogen (secondary N) is 2. The van der Waals surface area contributed by atoms with Gasteiger partial charge in [-0.2, -0.15) is 10.1 Å². The summed E-state index contributed by atoms with van der Waals surface area (Å²) in [4.78, 5) is 4.40. The molecule has 0 aliphatic carbocycles. The molecule has 24 heavy (non-hydrogen) atoms. The Balaban J connectivity index is 1.79. The zero-order valence-electron chi connectivity index (χ0n) is 13.4. The van der Waals surface area contributed by atoms with Crippen LogP contribution in [-0.4, -0.2) is 29.4 Å². The quantitative estimate of drug-likeness (QED) is 0.719. The van der Waals surface area contributed by atoms with Gasteiger partial charge in [0.25, 0.3) is 0 Å². The summed E-state index contributed by atoms with van der Waals surface area (Å²) < 4.78 is 10.5. The summed E-state index contributed by atoms with van der Waals surface area (Å²) in [6, 6.07) is 15.1. The molecule has 7 nitrogen and oxygen atoms in total.